The van der Waals surface area contributed by atoms with Gasteiger partial charge in [0.05, 0.1) is 52.5 Å². The van der Waals surface area contributed by atoms with Gasteiger partial charge in [-0.2, -0.15) is 25.3 Å². The molecule has 0 spiro atoms. The average Bonchev–Trinajstić information content (AvgIpc) is 1.41. The van der Waals surface area contributed by atoms with Crippen LogP contribution in [0.4, 0.5) is 0 Å². The molecule has 512 valence electrons. The van der Waals surface area contributed by atoms with E-state index in [1.807, 2.05) is 0 Å². The molecule has 91 heavy (non-hydrogen) atoms. The van der Waals surface area contributed by atoms with E-state index in [0.717, 1.165) is 0 Å². The maximum atomic E-state index is 14.0. The van der Waals surface area contributed by atoms with E-state index in [2.05, 4.69) is 73.1 Å². The van der Waals surface area contributed by atoms with E-state index >= 15 is 0 Å². The summed E-state index contributed by atoms with van der Waals surface area (Å²) in [6.45, 7) is 0.000552. The lowest BCUT2D eigenvalue weighted by Gasteiger charge is -2.32. The van der Waals surface area contributed by atoms with Crippen LogP contribution >= 0.6 is 25.3 Å². The SMILES string of the molecule is CC(C)C[C@H](NC(=O)[C@H](CO)NC(=O)[C@H](Cc1ccc(O)cc1)NC(=O)[C@H](CCS)NC(=O)[C@H](CCS)NC(=O)[C@H](CCCCN)NC(=O)CNC(=O)[C@H](CO)NC(=O)CNC(=O)CN1CCN(CC(=O)O)CCN(CC(=O)O)CCN(CC(=O)O)CC1)C(N)=O. The van der Waals surface area contributed by atoms with Crippen LogP contribution in [0, 0.1) is 5.92 Å². The minimum atomic E-state index is -1.64. The predicted molar refractivity (Wildman–Crippen MR) is 333 cm³/mol. The third-order valence-corrected chi connectivity index (χ3v) is 14.5. The number of rotatable bonds is 40. The van der Waals surface area contributed by atoms with Crippen molar-refractivity contribution in [3.05, 3.63) is 29.8 Å². The molecule has 1 aromatic rings. The number of aliphatic hydroxyl groups excluding tert-OH is 2. The van der Waals surface area contributed by atoms with Crippen molar-refractivity contribution in [1.29, 1.82) is 0 Å². The van der Waals surface area contributed by atoms with E-state index in [-0.39, 0.29) is 140 Å². The summed E-state index contributed by atoms with van der Waals surface area (Å²) in [6.07, 6.45) is 0.366. The molecule has 1 heterocycles. The van der Waals surface area contributed by atoms with E-state index in [9.17, 15) is 93.0 Å². The molecule has 1 aliphatic heterocycles. The molecular weight excluding hydrogens is 1240 g/mol. The third-order valence-electron chi connectivity index (χ3n) is 14.0. The van der Waals surface area contributed by atoms with Gasteiger partial charge in [0, 0.05) is 58.8 Å². The van der Waals surface area contributed by atoms with Gasteiger partial charge in [-0.15, -0.1) is 0 Å². The second-order valence-electron chi connectivity index (χ2n) is 21.9. The van der Waals surface area contributed by atoms with Crippen molar-refractivity contribution in [3.8, 4) is 5.75 Å². The van der Waals surface area contributed by atoms with E-state index in [1.54, 1.807) is 33.4 Å². The van der Waals surface area contributed by atoms with Crippen molar-refractivity contribution >= 4 is 102 Å². The summed E-state index contributed by atoms with van der Waals surface area (Å²) in [4.78, 5) is 175. The number of phenolic OH excluding ortho intramolecular Hbond substituents is 1. The number of nitrogens with zero attached hydrogens (tertiary/aromatic N) is 4. The fraction of sp³-hybridized carbons (Fsp3) is 0.655. The van der Waals surface area contributed by atoms with E-state index < -0.39 is 146 Å². The number of aliphatic hydroxyl groups is 2. The first-order chi connectivity index (χ1) is 43.1. The number of aliphatic carboxylic acids is 3. The predicted octanol–water partition coefficient (Wildman–Crippen LogP) is -7.68. The number of hydrogen-bond acceptors (Lipinski definition) is 23. The van der Waals surface area contributed by atoms with Crippen LogP contribution < -0.4 is 59.3 Å². The molecule has 0 radical (unpaired) electrons. The van der Waals surface area contributed by atoms with Crippen molar-refractivity contribution < 1.29 is 93.0 Å². The van der Waals surface area contributed by atoms with Crippen molar-refractivity contribution in [2.45, 2.75) is 101 Å². The normalized spacial score (nSPS) is 16.0. The Morgan fingerprint density at radius 1 is 0.473 bits per heavy atom. The first-order valence-corrected chi connectivity index (χ1v) is 30.8. The van der Waals surface area contributed by atoms with Crippen molar-refractivity contribution in [3.63, 3.8) is 0 Å². The van der Waals surface area contributed by atoms with Crippen LogP contribution in [0.25, 0.3) is 0 Å². The highest BCUT2D eigenvalue weighted by atomic mass is 32.1. The molecule has 1 aromatic carbocycles. The van der Waals surface area contributed by atoms with Crippen LogP contribution in [0.15, 0.2) is 24.3 Å². The summed E-state index contributed by atoms with van der Waals surface area (Å²) in [5.41, 5.74) is 11.6. The first-order valence-electron chi connectivity index (χ1n) is 29.5. The summed E-state index contributed by atoms with van der Waals surface area (Å²) in [7, 11) is 0. The number of carboxylic acids is 3. The molecule has 36 heteroatoms. The first kappa shape index (κ1) is 79.6. The van der Waals surface area contributed by atoms with Gasteiger partial charge in [0.2, 0.25) is 59.1 Å². The largest absolute Gasteiger partial charge is 0.508 e. The minimum Gasteiger partial charge on any atom is -0.508 e. The van der Waals surface area contributed by atoms with Gasteiger partial charge in [0.15, 0.2) is 0 Å². The summed E-state index contributed by atoms with van der Waals surface area (Å²) >= 11 is 8.48. The zero-order valence-electron chi connectivity index (χ0n) is 51.1. The van der Waals surface area contributed by atoms with E-state index in [1.165, 1.54) is 24.3 Å². The van der Waals surface area contributed by atoms with Crippen molar-refractivity contribution in [1.82, 2.24) is 67.5 Å². The van der Waals surface area contributed by atoms with Gasteiger partial charge in [-0.05, 0) is 80.2 Å². The number of benzene rings is 1. The summed E-state index contributed by atoms with van der Waals surface area (Å²) in [5.74, 6) is -12.6. The van der Waals surface area contributed by atoms with Crippen molar-refractivity contribution in [2.24, 2.45) is 17.4 Å². The standard InChI is InChI=1S/C55H91N15O19S2/c1-33(2)23-39(49(57)83)64-55(89)42(32-72)66-54(88)40(24-34-6-8-35(73)9-7-34)65-53(87)38(11-22-91)63-52(86)37(10-21-90)62-51(85)36(5-3-4-12-56)60-44(75)26-59-50(84)41(31-71)61-43(74)25-58-45(76)27-67-13-15-68(28-46(77)78)17-19-70(30-48(81)82)20-18-69(16-14-67)29-47(79)80/h6-9,33,36-42,71-73,90-91H,3-5,10-32,56H2,1-2H3,(H2,57,83)(H,58,76)(H,59,84)(H,60,75)(H,61,74)(H,62,85)(H,63,86)(H,64,89)(H,65,87)(H,66,88)(H,77,78)(H,79,80)(H,81,82)/t36-,37-,38-,39-,40-,41-,42-/m0/s1. The molecule has 1 aliphatic rings. The molecule has 1 fully saturated rings. The van der Waals surface area contributed by atoms with Gasteiger partial charge in [-0.25, -0.2) is 0 Å². The van der Waals surface area contributed by atoms with E-state index in [4.69, 9.17) is 11.5 Å². The molecule has 34 nitrogen and oxygen atoms in total. The number of unbranched alkanes of at least 4 members (excludes halogenated alkanes) is 1. The highest BCUT2D eigenvalue weighted by Gasteiger charge is 2.34. The number of carbonyl (C=O) groups excluding carboxylic acids is 10. The minimum absolute atomic E-state index is 0.0121. The monoisotopic (exact) mass is 1330 g/mol. The highest BCUT2D eigenvalue weighted by molar-refractivity contribution is 7.80. The Bertz CT molecular complexity index is 2550. The number of amides is 10. The second kappa shape index (κ2) is 43.3. The smallest absolute Gasteiger partial charge is 0.317 e. The highest BCUT2D eigenvalue weighted by Crippen LogP contribution is 2.13. The van der Waals surface area contributed by atoms with E-state index in [0.29, 0.717) is 18.4 Å². The number of nitrogens with two attached hydrogens (primary N) is 2. The maximum Gasteiger partial charge on any atom is 0.317 e. The molecular formula is C55H91N15O19S2. The van der Waals surface area contributed by atoms with Crippen LogP contribution in [0.5, 0.6) is 5.75 Å². The summed E-state index contributed by atoms with van der Waals surface area (Å²) in [5, 5.41) is 80.3. The fourth-order valence-electron chi connectivity index (χ4n) is 9.11. The molecule has 2 rings (SSSR count). The van der Waals surface area contributed by atoms with Crippen LogP contribution in [-0.4, -0.2) is 292 Å². The zero-order chi connectivity index (χ0) is 68.2. The molecule has 0 saturated carbocycles. The molecule has 0 unspecified atom stereocenters. The van der Waals surface area contributed by atoms with Gasteiger partial charge in [0.1, 0.15) is 48.0 Å². The van der Waals surface area contributed by atoms with Gasteiger partial charge in [0.25, 0.3) is 0 Å². The van der Waals surface area contributed by atoms with Crippen LogP contribution in [-0.2, 0) is 68.7 Å². The molecule has 10 amide bonds. The Hall–Kier alpha value is -7.45. The van der Waals surface area contributed by atoms with Crippen LogP contribution in [0.2, 0.25) is 0 Å². The van der Waals surface area contributed by atoms with Crippen LogP contribution in [0.3, 0.4) is 0 Å². The second-order valence-corrected chi connectivity index (χ2v) is 22.8. The fourth-order valence-corrected chi connectivity index (χ4v) is 9.62. The number of phenols is 1. The summed E-state index contributed by atoms with van der Waals surface area (Å²) in [6, 6.07) is -4.43. The Morgan fingerprint density at radius 2 is 0.835 bits per heavy atom. The molecule has 7 atom stereocenters. The lowest BCUT2D eigenvalue weighted by atomic mass is 10.0. The van der Waals surface area contributed by atoms with Crippen molar-refractivity contribution in [2.75, 3.05) is 123 Å². The number of carbonyl (C=O) groups is 13. The lowest BCUT2D eigenvalue weighted by molar-refractivity contribution is -0.140. The van der Waals surface area contributed by atoms with Crippen LogP contribution in [0.1, 0.15) is 57.9 Å². The Labute approximate surface area is 537 Å². The van der Waals surface area contributed by atoms with Gasteiger partial charge in [-0.1, -0.05) is 26.0 Å². The number of primary amides is 1. The molecule has 0 bridgehead atoms. The number of nitrogens with one attached hydrogen (secondary N) is 9. The number of carboxylic acid groups (broad SMARTS) is 3. The molecule has 1 saturated heterocycles. The average molecular weight is 1330 g/mol. The Balaban J connectivity index is 2.15. The summed E-state index contributed by atoms with van der Waals surface area (Å²) < 4.78 is 0. The molecule has 19 N–H and O–H groups in total. The number of aromatic hydroxyl groups is 1. The Kier molecular flexibility index (Phi) is 37.9. The van der Waals surface area contributed by atoms with Gasteiger partial charge < -0.3 is 90.0 Å². The topological polar surface area (TPSA) is 517 Å². The number of hydrogen-bond donors (Lipinski definition) is 19. The molecule has 0 aromatic heterocycles. The lowest BCUT2D eigenvalue weighted by Crippen LogP contribution is -2.60. The third kappa shape index (κ3) is 32.9. The Morgan fingerprint density at radius 3 is 1.24 bits per heavy atom. The maximum absolute atomic E-state index is 14.0. The quantitative estimate of drug-likeness (QED) is 0.0214. The molecule has 0 aliphatic carbocycles. The number of thiol groups is 2. The zero-order valence-corrected chi connectivity index (χ0v) is 52.9. The van der Waals surface area contributed by atoms with Gasteiger partial charge >= 0.3 is 17.9 Å². The van der Waals surface area contributed by atoms with Gasteiger partial charge in [-0.3, -0.25) is 81.9 Å².